The summed E-state index contributed by atoms with van der Waals surface area (Å²) in [7, 11) is 0. The molecule has 0 bridgehead atoms. The lowest BCUT2D eigenvalue weighted by atomic mass is 9.84. The number of nitrogens with two attached hydrogens (primary N) is 1. The molecule has 1 aliphatic carbocycles. The molecule has 5 heteroatoms. The zero-order chi connectivity index (χ0) is 19.9. The molecule has 0 radical (unpaired) electrons. The van der Waals surface area contributed by atoms with Crippen molar-refractivity contribution in [1.29, 1.82) is 0 Å². The van der Waals surface area contributed by atoms with Gasteiger partial charge < -0.3 is 16.4 Å². The molecule has 1 unspecified atom stereocenters. The van der Waals surface area contributed by atoms with E-state index in [9.17, 15) is 9.59 Å². The third-order valence-corrected chi connectivity index (χ3v) is 5.57. The first kappa shape index (κ1) is 20.1. The number of aryl methyl sites for hydroxylation is 1. The van der Waals surface area contributed by atoms with Crippen LogP contribution in [0.2, 0.25) is 0 Å². The van der Waals surface area contributed by atoms with Crippen molar-refractivity contribution < 1.29 is 9.59 Å². The van der Waals surface area contributed by atoms with Gasteiger partial charge in [-0.25, -0.2) is 0 Å². The summed E-state index contributed by atoms with van der Waals surface area (Å²) in [6, 6.07) is 14.4. The molecule has 0 aliphatic heterocycles. The average Bonchev–Trinajstić information content (AvgIpc) is 2.74. The van der Waals surface area contributed by atoms with E-state index < -0.39 is 0 Å². The van der Waals surface area contributed by atoms with Crippen molar-refractivity contribution in [2.75, 3.05) is 11.9 Å². The Bertz CT molecular complexity index is 814. The highest BCUT2D eigenvalue weighted by atomic mass is 16.2. The predicted molar refractivity (Wildman–Crippen MR) is 112 cm³/mol. The van der Waals surface area contributed by atoms with Gasteiger partial charge in [-0.05, 0) is 55.5 Å². The van der Waals surface area contributed by atoms with Gasteiger partial charge in [-0.3, -0.25) is 9.59 Å². The predicted octanol–water partition coefficient (Wildman–Crippen LogP) is 3.88. The van der Waals surface area contributed by atoms with Crippen molar-refractivity contribution in [2.45, 2.75) is 45.1 Å². The summed E-state index contributed by atoms with van der Waals surface area (Å²) in [6.07, 6.45) is 5.92. The quantitative estimate of drug-likeness (QED) is 0.712. The van der Waals surface area contributed by atoms with Crippen molar-refractivity contribution >= 4 is 17.5 Å². The van der Waals surface area contributed by atoms with Crippen LogP contribution in [0.15, 0.2) is 48.5 Å². The van der Waals surface area contributed by atoms with Gasteiger partial charge in [0.1, 0.15) is 0 Å². The monoisotopic (exact) mass is 379 g/mol. The van der Waals surface area contributed by atoms with Crippen molar-refractivity contribution in [1.82, 2.24) is 5.32 Å². The maximum Gasteiger partial charge on any atom is 0.255 e. The largest absolute Gasteiger partial charge is 0.348 e. The van der Waals surface area contributed by atoms with Gasteiger partial charge in [-0.2, -0.15) is 0 Å². The number of carbonyl (C=O) groups excluding carboxylic acids is 2. The summed E-state index contributed by atoms with van der Waals surface area (Å²) in [5.74, 6) is 0.116. The minimum absolute atomic E-state index is 0.00328. The first-order valence-electron chi connectivity index (χ1n) is 10.1. The molecule has 28 heavy (non-hydrogen) atoms. The Morgan fingerprint density at radius 2 is 1.71 bits per heavy atom. The van der Waals surface area contributed by atoms with Crippen LogP contribution >= 0.6 is 0 Å². The molecule has 4 N–H and O–H groups in total. The smallest absolute Gasteiger partial charge is 0.255 e. The normalized spacial score (nSPS) is 15.6. The van der Waals surface area contributed by atoms with Gasteiger partial charge >= 0.3 is 0 Å². The van der Waals surface area contributed by atoms with Crippen LogP contribution in [0.25, 0.3) is 0 Å². The second-order valence-corrected chi connectivity index (χ2v) is 7.56. The second-order valence-electron chi connectivity index (χ2n) is 7.56. The molecule has 0 heterocycles. The van der Waals surface area contributed by atoms with E-state index in [-0.39, 0.29) is 17.9 Å². The first-order valence-corrected chi connectivity index (χ1v) is 10.1. The minimum Gasteiger partial charge on any atom is -0.348 e. The summed E-state index contributed by atoms with van der Waals surface area (Å²) < 4.78 is 0. The molecule has 0 saturated heterocycles. The lowest BCUT2D eigenvalue weighted by Crippen LogP contribution is -2.45. The van der Waals surface area contributed by atoms with Crippen molar-refractivity contribution in [2.24, 2.45) is 11.7 Å². The zero-order valence-electron chi connectivity index (χ0n) is 16.4. The Morgan fingerprint density at radius 3 is 2.39 bits per heavy atom. The van der Waals surface area contributed by atoms with E-state index in [0.29, 0.717) is 29.3 Å². The summed E-state index contributed by atoms with van der Waals surface area (Å²) in [5, 5.41) is 6.02. The lowest BCUT2D eigenvalue weighted by molar-refractivity contribution is 0.0914. The van der Waals surface area contributed by atoms with E-state index in [1.54, 1.807) is 24.3 Å². The van der Waals surface area contributed by atoms with Gasteiger partial charge in [-0.15, -0.1) is 0 Å². The highest BCUT2D eigenvalue weighted by Gasteiger charge is 2.24. The molecule has 2 amide bonds. The first-order chi connectivity index (χ1) is 13.6. The molecule has 2 aromatic rings. The average molecular weight is 380 g/mol. The number of rotatable bonds is 6. The van der Waals surface area contributed by atoms with Crippen LogP contribution in [0.5, 0.6) is 0 Å². The van der Waals surface area contributed by atoms with E-state index >= 15 is 0 Å². The molecule has 1 aliphatic rings. The van der Waals surface area contributed by atoms with Gasteiger partial charge in [0.25, 0.3) is 11.8 Å². The molecule has 5 nitrogen and oxygen atoms in total. The van der Waals surface area contributed by atoms with Crippen LogP contribution in [0.1, 0.15) is 58.4 Å². The minimum atomic E-state index is -0.191. The highest BCUT2D eigenvalue weighted by molar-refractivity contribution is 6.05. The fourth-order valence-corrected chi connectivity index (χ4v) is 3.84. The molecule has 148 valence electrons. The van der Waals surface area contributed by atoms with Crippen molar-refractivity contribution in [3.8, 4) is 0 Å². The molecule has 3 rings (SSSR count). The molecule has 2 aromatic carbocycles. The Balaban J connectivity index is 1.71. The third-order valence-electron chi connectivity index (χ3n) is 5.57. The van der Waals surface area contributed by atoms with Crippen LogP contribution in [0, 0.1) is 12.8 Å². The SMILES string of the molecule is Cc1ccc(C(=O)NC(CN)C2CCCCC2)cc1NC(=O)c1ccccc1. The van der Waals surface area contributed by atoms with Crippen LogP contribution in [0.3, 0.4) is 0 Å². The molecule has 1 saturated carbocycles. The number of hydrogen-bond acceptors (Lipinski definition) is 3. The molecular formula is C23H29N3O2. The number of hydrogen-bond donors (Lipinski definition) is 3. The maximum absolute atomic E-state index is 12.8. The number of carbonyl (C=O) groups is 2. The van der Waals surface area contributed by atoms with Gasteiger partial charge in [0.15, 0.2) is 0 Å². The van der Waals surface area contributed by atoms with Crippen LogP contribution in [-0.4, -0.2) is 24.4 Å². The fourth-order valence-electron chi connectivity index (χ4n) is 3.84. The second kappa shape index (κ2) is 9.51. The van der Waals surface area contributed by atoms with Gasteiger partial charge in [0.05, 0.1) is 0 Å². The fraction of sp³-hybridized carbons (Fsp3) is 0.391. The number of nitrogens with one attached hydrogen (secondary N) is 2. The van der Waals surface area contributed by atoms with Gasteiger partial charge in [0, 0.05) is 29.4 Å². The number of amides is 2. The van der Waals surface area contributed by atoms with Crippen LogP contribution in [0.4, 0.5) is 5.69 Å². The lowest BCUT2D eigenvalue weighted by Gasteiger charge is -2.30. The van der Waals surface area contributed by atoms with Crippen LogP contribution in [-0.2, 0) is 0 Å². The molecule has 1 fully saturated rings. The summed E-state index contributed by atoms with van der Waals surface area (Å²) in [5.41, 5.74) is 8.60. The van der Waals surface area contributed by atoms with Crippen molar-refractivity contribution in [3.05, 3.63) is 65.2 Å². The Kier molecular flexibility index (Phi) is 6.82. The maximum atomic E-state index is 12.8. The summed E-state index contributed by atoms with van der Waals surface area (Å²) in [6.45, 7) is 2.35. The molecule has 0 spiro atoms. The van der Waals surface area contributed by atoms with E-state index in [4.69, 9.17) is 5.73 Å². The number of benzene rings is 2. The van der Waals surface area contributed by atoms with Crippen molar-refractivity contribution in [3.63, 3.8) is 0 Å². The molecule has 1 atom stereocenters. The zero-order valence-corrected chi connectivity index (χ0v) is 16.4. The standard InChI is InChI=1S/C23H29N3O2/c1-16-12-13-19(14-20(16)25-22(27)18-10-6-3-7-11-18)23(28)26-21(15-24)17-8-4-2-5-9-17/h3,6-7,10-14,17,21H,2,4-5,8-9,15,24H2,1H3,(H,25,27)(H,26,28). The van der Waals surface area contributed by atoms with E-state index in [2.05, 4.69) is 10.6 Å². The Morgan fingerprint density at radius 1 is 1.00 bits per heavy atom. The topological polar surface area (TPSA) is 84.2 Å². The molecule has 0 aromatic heterocycles. The number of anilines is 1. The third kappa shape index (κ3) is 4.98. The summed E-state index contributed by atoms with van der Waals surface area (Å²) >= 11 is 0. The molecular weight excluding hydrogens is 350 g/mol. The van der Waals surface area contributed by atoms with E-state index in [1.807, 2.05) is 31.2 Å². The summed E-state index contributed by atoms with van der Waals surface area (Å²) in [4.78, 5) is 25.2. The van der Waals surface area contributed by atoms with E-state index in [1.165, 1.54) is 19.3 Å². The van der Waals surface area contributed by atoms with Gasteiger partial charge in [0.2, 0.25) is 0 Å². The Labute approximate surface area is 166 Å². The van der Waals surface area contributed by atoms with Gasteiger partial charge in [-0.1, -0.05) is 43.5 Å². The highest BCUT2D eigenvalue weighted by Crippen LogP contribution is 2.26. The Hall–Kier alpha value is -2.66. The van der Waals surface area contributed by atoms with Crippen LogP contribution < -0.4 is 16.4 Å². The van der Waals surface area contributed by atoms with E-state index in [0.717, 1.165) is 18.4 Å².